The first kappa shape index (κ1) is 42.9. The molecule has 0 spiro atoms. The molecule has 1 unspecified atom stereocenters. The molecule has 59 heavy (non-hydrogen) atoms. The van der Waals surface area contributed by atoms with Gasteiger partial charge in [0.15, 0.2) is 16.6 Å². The van der Waals surface area contributed by atoms with Gasteiger partial charge in [-0.2, -0.15) is 23.7 Å². The number of carbonyl (C=O) groups is 4. The number of ether oxygens (including phenoxy) is 1. The van der Waals surface area contributed by atoms with Gasteiger partial charge < -0.3 is 9.64 Å². The average Bonchev–Trinajstić information content (AvgIpc) is 3.37. The molecule has 0 aliphatic carbocycles. The van der Waals surface area contributed by atoms with Crippen molar-refractivity contribution < 1.29 is 37.1 Å². The number of alkyl halides is 3. The van der Waals surface area contributed by atoms with Crippen LogP contribution in [0.3, 0.4) is 0 Å². The van der Waals surface area contributed by atoms with Gasteiger partial charge in [-0.25, -0.2) is 4.98 Å². The van der Waals surface area contributed by atoms with Crippen LogP contribution in [0.2, 0.25) is 0 Å². The molecular weight excluding hydrogens is 784 g/mol. The first-order valence-electron chi connectivity index (χ1n) is 19.5. The van der Waals surface area contributed by atoms with Crippen molar-refractivity contribution in [3.63, 3.8) is 0 Å². The summed E-state index contributed by atoms with van der Waals surface area (Å²) in [4.78, 5) is 59.1. The van der Waals surface area contributed by atoms with E-state index in [0.29, 0.717) is 55.3 Å². The lowest BCUT2D eigenvalue weighted by Crippen LogP contribution is -2.44. The SMILES string of the molecule is CCc1cc(N2C(=S)N(c3cnc(C#N)c(C(F)(F)F)c3)C(=O)C2(C)C)ccc1OCCC1CCN(CC(=O)Cc2cc(C#N)cc(CC3CCC(=O)NC3=O)c2)CC1. The number of aromatic nitrogens is 1. The Balaban J connectivity index is 1.01. The van der Waals surface area contributed by atoms with Gasteiger partial charge in [0.1, 0.15) is 17.4 Å². The standard InChI is InChI=1S/C43H44F3N7O5S/c1-4-30-20-32(53-41(59)52(40(57)42(53,2)3)33-21-35(43(44,45)46)36(23-48)49-24-33)6-7-37(30)58-14-11-26-9-12-51(13-10-26)25-34(54)19-28-15-27(16-29(17-28)22-47)18-31-5-8-38(55)50-39(31)56/h6-7,15-17,20-21,24,26,31H,4-5,8-14,18-19,25H2,1-3H3,(H,50,55,56). The molecule has 16 heteroatoms. The van der Waals surface area contributed by atoms with Crippen LogP contribution in [0, 0.1) is 34.5 Å². The number of hydrogen-bond acceptors (Lipinski definition) is 10. The molecule has 1 N–H and O–H groups in total. The Morgan fingerprint density at radius 3 is 2.41 bits per heavy atom. The van der Waals surface area contributed by atoms with Gasteiger partial charge in [0.05, 0.1) is 42.2 Å². The van der Waals surface area contributed by atoms with Crippen molar-refractivity contribution in [2.45, 2.75) is 83.9 Å². The lowest BCUT2D eigenvalue weighted by Gasteiger charge is -2.31. The van der Waals surface area contributed by atoms with E-state index in [1.807, 2.05) is 25.1 Å². The van der Waals surface area contributed by atoms with Gasteiger partial charge in [-0.3, -0.25) is 34.3 Å². The highest BCUT2D eigenvalue weighted by atomic mass is 32.1. The number of nitrogens with one attached hydrogen (secondary N) is 1. The minimum atomic E-state index is -4.86. The summed E-state index contributed by atoms with van der Waals surface area (Å²) in [5, 5.41) is 21.1. The van der Waals surface area contributed by atoms with Gasteiger partial charge in [0.2, 0.25) is 11.8 Å². The molecule has 3 fully saturated rings. The second-order valence-electron chi connectivity index (χ2n) is 15.7. The molecule has 3 amide bonds. The summed E-state index contributed by atoms with van der Waals surface area (Å²) < 4.78 is 47.4. The van der Waals surface area contributed by atoms with Crippen LogP contribution >= 0.6 is 12.2 Å². The normalized spacial score (nSPS) is 18.7. The average molecular weight is 828 g/mol. The van der Waals surface area contributed by atoms with Crippen molar-refractivity contribution in [2.24, 2.45) is 11.8 Å². The number of likely N-dealkylation sites (tertiary alicyclic amines) is 1. The summed E-state index contributed by atoms with van der Waals surface area (Å²) in [6, 6.07) is 15.1. The van der Waals surface area contributed by atoms with Crippen molar-refractivity contribution in [1.82, 2.24) is 15.2 Å². The summed E-state index contributed by atoms with van der Waals surface area (Å²) >= 11 is 5.68. The molecule has 3 aliphatic heterocycles. The minimum Gasteiger partial charge on any atom is -0.493 e. The quantitative estimate of drug-likeness (QED) is 0.154. The van der Waals surface area contributed by atoms with E-state index in [1.54, 1.807) is 36.9 Å². The maximum Gasteiger partial charge on any atom is 0.419 e. The van der Waals surface area contributed by atoms with Gasteiger partial charge >= 0.3 is 6.18 Å². The van der Waals surface area contributed by atoms with Crippen molar-refractivity contribution in [3.05, 3.63) is 82.2 Å². The monoisotopic (exact) mass is 827 g/mol. The lowest BCUT2D eigenvalue weighted by atomic mass is 9.89. The van der Waals surface area contributed by atoms with Crippen molar-refractivity contribution in [3.8, 4) is 17.9 Å². The Bertz CT molecular complexity index is 2260. The fourth-order valence-corrected chi connectivity index (χ4v) is 8.55. The summed E-state index contributed by atoms with van der Waals surface area (Å²) in [5.41, 5.74) is -0.0931. The van der Waals surface area contributed by atoms with Gasteiger partial charge in [-0.15, -0.1) is 0 Å². The number of rotatable bonds is 13. The Morgan fingerprint density at radius 1 is 1.02 bits per heavy atom. The molecule has 1 atom stereocenters. The number of imide groups is 1. The highest BCUT2D eigenvalue weighted by Gasteiger charge is 2.51. The second-order valence-corrected chi connectivity index (χ2v) is 16.1. The molecular formula is C43H44F3N7O5S. The predicted molar refractivity (Wildman–Crippen MR) is 215 cm³/mol. The molecule has 3 aromatic rings. The third kappa shape index (κ3) is 9.61. The number of halogens is 3. The smallest absolute Gasteiger partial charge is 0.419 e. The lowest BCUT2D eigenvalue weighted by molar-refractivity contribution is -0.138. The first-order valence-corrected chi connectivity index (χ1v) is 20.0. The molecule has 0 saturated carbocycles. The van der Waals surface area contributed by atoms with Crippen LogP contribution in [0.5, 0.6) is 5.75 Å². The Hall–Kier alpha value is -5.71. The van der Waals surface area contributed by atoms with Crippen LogP contribution in [-0.4, -0.2) is 70.3 Å². The highest BCUT2D eigenvalue weighted by Crippen LogP contribution is 2.40. The molecule has 0 radical (unpaired) electrons. The number of Topliss-reactive ketones (excluding diaryl/α,β-unsaturated/α-hetero) is 1. The number of benzene rings is 2. The Labute approximate surface area is 345 Å². The Kier molecular flexibility index (Phi) is 12.8. The molecule has 12 nitrogen and oxygen atoms in total. The number of ketones is 1. The van der Waals surface area contributed by atoms with Crippen LogP contribution < -0.4 is 19.9 Å². The van der Waals surface area contributed by atoms with Gasteiger partial charge in [0, 0.05) is 24.4 Å². The van der Waals surface area contributed by atoms with Crippen LogP contribution in [0.4, 0.5) is 24.5 Å². The fraction of sp³-hybridized carbons (Fsp3) is 0.442. The van der Waals surface area contributed by atoms with E-state index >= 15 is 0 Å². The number of piperidine rings is 2. The van der Waals surface area contributed by atoms with Crippen LogP contribution in [0.1, 0.15) is 86.4 Å². The van der Waals surface area contributed by atoms with E-state index in [-0.39, 0.29) is 47.2 Å². The molecule has 4 heterocycles. The maximum atomic E-state index is 13.7. The van der Waals surface area contributed by atoms with E-state index in [0.717, 1.165) is 66.2 Å². The largest absolute Gasteiger partial charge is 0.493 e. The molecule has 6 rings (SSSR count). The first-order chi connectivity index (χ1) is 28.0. The third-order valence-electron chi connectivity index (χ3n) is 11.2. The van der Waals surface area contributed by atoms with E-state index < -0.39 is 28.9 Å². The number of carbonyl (C=O) groups excluding carboxylic acids is 4. The van der Waals surface area contributed by atoms with E-state index in [2.05, 4.69) is 21.3 Å². The number of pyridine rings is 1. The molecule has 0 bridgehead atoms. The number of aryl methyl sites for hydroxylation is 1. The van der Waals surface area contributed by atoms with Crippen molar-refractivity contribution in [2.75, 3.05) is 36.0 Å². The van der Waals surface area contributed by atoms with Crippen molar-refractivity contribution >= 4 is 52.2 Å². The number of nitriles is 2. The number of thiocarbonyl (C=S) groups is 1. The van der Waals surface area contributed by atoms with Crippen LogP contribution in [-0.2, 0) is 44.6 Å². The molecule has 308 valence electrons. The minimum absolute atomic E-state index is 0.0206. The van der Waals surface area contributed by atoms with E-state index in [1.165, 1.54) is 6.07 Å². The molecule has 2 aromatic carbocycles. The van der Waals surface area contributed by atoms with Crippen LogP contribution in [0.15, 0.2) is 48.7 Å². The van der Waals surface area contributed by atoms with Gasteiger partial charge in [-0.05, 0) is 137 Å². The molecule has 3 saturated heterocycles. The Morgan fingerprint density at radius 2 is 1.75 bits per heavy atom. The summed E-state index contributed by atoms with van der Waals surface area (Å²) in [5.74, 6) is -0.360. The zero-order valence-electron chi connectivity index (χ0n) is 33.0. The molecule has 3 aliphatic rings. The summed E-state index contributed by atoms with van der Waals surface area (Å²) in [6.45, 7) is 7.55. The second kappa shape index (κ2) is 17.6. The van der Waals surface area contributed by atoms with Crippen LogP contribution in [0.25, 0.3) is 0 Å². The van der Waals surface area contributed by atoms with E-state index in [9.17, 15) is 42.9 Å². The number of amides is 3. The van der Waals surface area contributed by atoms with E-state index in [4.69, 9.17) is 17.0 Å². The topological polar surface area (TPSA) is 160 Å². The number of nitrogens with zero attached hydrogens (tertiary/aromatic N) is 6. The van der Waals surface area contributed by atoms with Gasteiger partial charge in [0.25, 0.3) is 5.91 Å². The third-order valence-corrected chi connectivity index (χ3v) is 11.6. The zero-order chi connectivity index (χ0) is 42.6. The zero-order valence-corrected chi connectivity index (χ0v) is 33.8. The van der Waals surface area contributed by atoms with Gasteiger partial charge in [-0.1, -0.05) is 13.0 Å². The van der Waals surface area contributed by atoms with Crippen molar-refractivity contribution in [1.29, 1.82) is 10.5 Å². The maximum absolute atomic E-state index is 13.7. The highest BCUT2D eigenvalue weighted by molar-refractivity contribution is 7.81. The molecule has 1 aromatic heterocycles. The fourth-order valence-electron chi connectivity index (χ4n) is 8.03. The predicted octanol–water partition coefficient (Wildman–Crippen LogP) is 6.21. The summed E-state index contributed by atoms with van der Waals surface area (Å²) in [6.07, 6.45) is 0.710. The summed E-state index contributed by atoms with van der Waals surface area (Å²) in [7, 11) is 0. The number of anilines is 2. The number of hydrogen-bond donors (Lipinski definition) is 1.